The summed E-state index contributed by atoms with van der Waals surface area (Å²) in [6.45, 7) is 4.26. The first-order chi connectivity index (χ1) is 7.56. The molecule has 0 N–H and O–H groups in total. The molecular formula is C13H24ClNO. The Labute approximate surface area is 104 Å². The molecule has 3 heteroatoms. The van der Waals surface area contributed by atoms with Gasteiger partial charge >= 0.3 is 0 Å². The lowest BCUT2D eigenvalue weighted by Gasteiger charge is -2.35. The second-order valence-corrected chi connectivity index (χ2v) is 5.65. The Morgan fingerprint density at radius 2 is 2.06 bits per heavy atom. The van der Waals surface area contributed by atoms with Crippen molar-refractivity contribution in [3.8, 4) is 0 Å². The topological polar surface area (TPSA) is 20.3 Å². The molecule has 0 spiro atoms. The van der Waals surface area contributed by atoms with Gasteiger partial charge in [0.2, 0.25) is 5.91 Å². The highest BCUT2D eigenvalue weighted by atomic mass is 35.5. The molecule has 0 bridgehead atoms. The van der Waals surface area contributed by atoms with Gasteiger partial charge in [-0.05, 0) is 18.8 Å². The number of carbonyl (C=O) groups excluding carboxylic acids is 1. The largest absolute Gasteiger partial charge is 0.341 e. The van der Waals surface area contributed by atoms with E-state index in [-0.39, 0.29) is 17.3 Å². The van der Waals surface area contributed by atoms with Gasteiger partial charge in [-0.15, -0.1) is 11.6 Å². The quantitative estimate of drug-likeness (QED) is 0.695. The maximum atomic E-state index is 12.0. The Balaban J connectivity index is 2.48. The molecule has 0 radical (unpaired) electrons. The lowest BCUT2D eigenvalue weighted by atomic mass is 9.93. The highest BCUT2D eigenvalue weighted by Crippen LogP contribution is 2.27. The fraction of sp³-hybridized carbons (Fsp3) is 0.923. The van der Waals surface area contributed by atoms with Crippen molar-refractivity contribution >= 4 is 17.5 Å². The van der Waals surface area contributed by atoms with Crippen LogP contribution in [0.15, 0.2) is 0 Å². The molecule has 1 rings (SSSR count). The lowest BCUT2D eigenvalue weighted by molar-refractivity contribution is -0.133. The molecule has 0 aromatic heterocycles. The number of halogens is 1. The van der Waals surface area contributed by atoms with E-state index in [2.05, 4.69) is 13.8 Å². The average Bonchev–Trinajstić information content (AvgIpc) is 2.28. The Bertz CT molecular complexity index is 232. The van der Waals surface area contributed by atoms with E-state index in [9.17, 15) is 4.79 Å². The molecule has 0 aliphatic heterocycles. The maximum absolute atomic E-state index is 12.0. The van der Waals surface area contributed by atoms with Gasteiger partial charge in [-0.1, -0.05) is 33.1 Å². The van der Waals surface area contributed by atoms with Crippen molar-refractivity contribution < 1.29 is 4.79 Å². The summed E-state index contributed by atoms with van der Waals surface area (Å²) in [4.78, 5) is 13.9. The van der Waals surface area contributed by atoms with Gasteiger partial charge in [-0.25, -0.2) is 0 Å². The molecule has 1 fully saturated rings. The SMILES string of the molecule is CCC(C)CC(=O)N(C)C1CCCCC1Cl. The average molecular weight is 246 g/mol. The Hall–Kier alpha value is -0.240. The van der Waals surface area contributed by atoms with Crippen LogP contribution in [0.3, 0.4) is 0 Å². The molecule has 16 heavy (non-hydrogen) atoms. The van der Waals surface area contributed by atoms with Crippen LogP contribution in [0, 0.1) is 5.92 Å². The third-order valence-electron chi connectivity index (χ3n) is 3.76. The van der Waals surface area contributed by atoms with Crippen molar-refractivity contribution in [3.63, 3.8) is 0 Å². The van der Waals surface area contributed by atoms with Gasteiger partial charge in [0.05, 0.1) is 5.38 Å². The molecule has 0 aromatic rings. The summed E-state index contributed by atoms with van der Waals surface area (Å²) >= 11 is 6.30. The minimum atomic E-state index is 0.152. The van der Waals surface area contributed by atoms with Crippen LogP contribution in [-0.4, -0.2) is 29.3 Å². The van der Waals surface area contributed by atoms with Gasteiger partial charge in [0, 0.05) is 19.5 Å². The van der Waals surface area contributed by atoms with Gasteiger partial charge < -0.3 is 4.90 Å². The van der Waals surface area contributed by atoms with Crippen molar-refractivity contribution in [1.82, 2.24) is 4.90 Å². The van der Waals surface area contributed by atoms with Crippen molar-refractivity contribution in [2.45, 2.75) is 63.8 Å². The highest BCUT2D eigenvalue weighted by Gasteiger charge is 2.29. The third kappa shape index (κ3) is 3.65. The van der Waals surface area contributed by atoms with Gasteiger partial charge in [0.1, 0.15) is 0 Å². The zero-order valence-electron chi connectivity index (χ0n) is 10.7. The fourth-order valence-corrected chi connectivity index (χ4v) is 2.72. The van der Waals surface area contributed by atoms with Gasteiger partial charge in [-0.2, -0.15) is 0 Å². The number of alkyl halides is 1. The first-order valence-corrected chi connectivity index (χ1v) is 6.89. The molecule has 1 aliphatic rings. The number of hydrogen-bond acceptors (Lipinski definition) is 1. The molecule has 0 aromatic carbocycles. The van der Waals surface area contributed by atoms with Crippen LogP contribution in [0.5, 0.6) is 0 Å². The van der Waals surface area contributed by atoms with E-state index in [1.54, 1.807) is 0 Å². The highest BCUT2D eigenvalue weighted by molar-refractivity contribution is 6.21. The number of carbonyl (C=O) groups is 1. The Kier molecular flexibility index (Phi) is 5.60. The summed E-state index contributed by atoms with van der Waals surface area (Å²) in [5.74, 6) is 0.735. The van der Waals surface area contributed by atoms with Crippen molar-refractivity contribution in [3.05, 3.63) is 0 Å². The molecular weight excluding hydrogens is 222 g/mol. The Morgan fingerprint density at radius 1 is 1.44 bits per heavy atom. The molecule has 2 nitrogen and oxygen atoms in total. The van der Waals surface area contributed by atoms with Gasteiger partial charge in [-0.3, -0.25) is 4.79 Å². The van der Waals surface area contributed by atoms with E-state index in [0.717, 1.165) is 19.3 Å². The number of hydrogen-bond donors (Lipinski definition) is 0. The van der Waals surface area contributed by atoms with Crippen molar-refractivity contribution in [2.75, 3.05) is 7.05 Å². The summed E-state index contributed by atoms with van der Waals surface area (Å²) < 4.78 is 0. The molecule has 1 saturated carbocycles. The Morgan fingerprint density at radius 3 is 2.62 bits per heavy atom. The normalized spacial score (nSPS) is 27.5. The fourth-order valence-electron chi connectivity index (χ4n) is 2.27. The van der Waals surface area contributed by atoms with Crippen LogP contribution < -0.4 is 0 Å². The van der Waals surface area contributed by atoms with E-state index >= 15 is 0 Å². The molecule has 1 aliphatic carbocycles. The predicted octanol–water partition coefficient (Wildman–Crippen LogP) is 3.43. The third-order valence-corrected chi connectivity index (χ3v) is 4.27. The van der Waals surface area contributed by atoms with Crippen LogP contribution in [-0.2, 0) is 4.79 Å². The van der Waals surface area contributed by atoms with E-state index in [1.165, 1.54) is 12.8 Å². The van der Waals surface area contributed by atoms with E-state index in [4.69, 9.17) is 11.6 Å². The lowest BCUT2D eigenvalue weighted by Crippen LogP contribution is -2.44. The van der Waals surface area contributed by atoms with E-state index in [1.807, 2.05) is 11.9 Å². The smallest absolute Gasteiger partial charge is 0.222 e. The van der Waals surface area contributed by atoms with Gasteiger partial charge in [0.25, 0.3) is 0 Å². The predicted molar refractivity (Wildman–Crippen MR) is 68.7 cm³/mol. The monoisotopic (exact) mass is 245 g/mol. The summed E-state index contributed by atoms with van der Waals surface area (Å²) in [5, 5.41) is 0.152. The van der Waals surface area contributed by atoms with E-state index < -0.39 is 0 Å². The summed E-state index contributed by atoms with van der Waals surface area (Å²) in [6, 6.07) is 0.256. The zero-order valence-corrected chi connectivity index (χ0v) is 11.5. The van der Waals surface area contributed by atoms with Crippen molar-refractivity contribution in [2.24, 2.45) is 5.92 Å². The summed E-state index contributed by atoms with van der Waals surface area (Å²) in [7, 11) is 1.91. The van der Waals surface area contributed by atoms with Crippen LogP contribution in [0.4, 0.5) is 0 Å². The van der Waals surface area contributed by atoms with Crippen LogP contribution in [0.1, 0.15) is 52.4 Å². The first kappa shape index (κ1) is 13.8. The second-order valence-electron chi connectivity index (χ2n) is 5.09. The number of nitrogens with zero attached hydrogens (tertiary/aromatic N) is 1. The minimum Gasteiger partial charge on any atom is -0.341 e. The molecule has 3 unspecified atom stereocenters. The summed E-state index contributed by atoms with van der Waals surface area (Å²) in [6.07, 6.45) is 6.25. The minimum absolute atomic E-state index is 0.152. The summed E-state index contributed by atoms with van der Waals surface area (Å²) in [5.41, 5.74) is 0. The van der Waals surface area contributed by atoms with Crippen LogP contribution in [0.2, 0.25) is 0 Å². The molecule has 0 saturated heterocycles. The molecule has 94 valence electrons. The van der Waals surface area contributed by atoms with Crippen LogP contribution in [0.25, 0.3) is 0 Å². The molecule has 1 amide bonds. The first-order valence-electron chi connectivity index (χ1n) is 6.46. The number of amides is 1. The number of rotatable bonds is 4. The van der Waals surface area contributed by atoms with Crippen molar-refractivity contribution in [1.29, 1.82) is 0 Å². The second kappa shape index (κ2) is 6.48. The van der Waals surface area contributed by atoms with Gasteiger partial charge in [0.15, 0.2) is 0 Å². The molecule has 3 atom stereocenters. The zero-order chi connectivity index (χ0) is 12.1. The van der Waals surface area contributed by atoms with E-state index in [0.29, 0.717) is 12.3 Å². The van der Waals surface area contributed by atoms with Crippen LogP contribution >= 0.6 is 11.6 Å². The standard InChI is InChI=1S/C13H24ClNO/c1-4-10(2)9-13(16)15(3)12-8-6-5-7-11(12)14/h10-12H,4-9H2,1-3H3. The molecule has 0 heterocycles. The maximum Gasteiger partial charge on any atom is 0.222 e.